The molecule has 0 fully saturated rings. The van der Waals surface area contributed by atoms with Crippen LogP contribution in [0.1, 0.15) is 90.9 Å². The van der Waals surface area contributed by atoms with Crippen molar-refractivity contribution in [1.82, 2.24) is 0 Å². The van der Waals surface area contributed by atoms with Crippen molar-refractivity contribution in [2.75, 3.05) is 0 Å². The first-order chi connectivity index (χ1) is 12.2. The Bertz CT molecular complexity index is 343. The maximum Gasteiger partial charge on any atom is 0.414 e. The zero-order valence-electron chi connectivity index (χ0n) is 15.9. The number of carboxylic acid groups (broad SMARTS) is 4. The van der Waals surface area contributed by atoms with Crippen LogP contribution < -0.4 is 0 Å². The standard InChI is InChI=1S/2C8H16O2.C2H2O4/c2*1-2-3-4-5-6-7-8(9)10;3-1(4)2(5)6/h2*2-7H2,1H3,(H,9,10);(H,3,4)(H,5,6). The van der Waals surface area contributed by atoms with Crippen LogP contribution in [0.5, 0.6) is 0 Å². The molecule has 0 unspecified atom stereocenters. The van der Waals surface area contributed by atoms with Crippen molar-refractivity contribution in [3.8, 4) is 0 Å². The Morgan fingerprint density at radius 2 is 0.769 bits per heavy atom. The zero-order chi connectivity index (χ0) is 20.8. The van der Waals surface area contributed by atoms with E-state index in [4.69, 9.17) is 30.0 Å². The second-order valence-corrected chi connectivity index (χ2v) is 5.73. The van der Waals surface area contributed by atoms with E-state index in [-0.39, 0.29) is 0 Å². The van der Waals surface area contributed by atoms with E-state index in [0.717, 1.165) is 25.7 Å². The van der Waals surface area contributed by atoms with Crippen molar-refractivity contribution in [3.63, 3.8) is 0 Å². The van der Waals surface area contributed by atoms with Gasteiger partial charge in [-0.1, -0.05) is 65.2 Å². The van der Waals surface area contributed by atoms with E-state index in [1.165, 1.54) is 38.5 Å². The van der Waals surface area contributed by atoms with Crippen molar-refractivity contribution < 1.29 is 39.6 Å². The molecule has 0 rings (SSSR count). The van der Waals surface area contributed by atoms with Gasteiger partial charge in [-0.2, -0.15) is 0 Å². The molecule has 0 aliphatic heterocycles. The first kappa shape index (κ1) is 28.7. The van der Waals surface area contributed by atoms with Gasteiger partial charge in [-0.05, 0) is 12.8 Å². The van der Waals surface area contributed by atoms with Crippen LogP contribution in [0.15, 0.2) is 0 Å². The van der Waals surface area contributed by atoms with Crippen LogP contribution in [0.25, 0.3) is 0 Å². The SMILES string of the molecule is CCCCCCCC(=O)O.CCCCCCCC(=O)O.O=C(O)C(=O)O. The van der Waals surface area contributed by atoms with Gasteiger partial charge in [-0.3, -0.25) is 9.59 Å². The smallest absolute Gasteiger partial charge is 0.414 e. The summed E-state index contributed by atoms with van der Waals surface area (Å²) in [6.07, 6.45) is 11.8. The Morgan fingerprint density at radius 3 is 0.962 bits per heavy atom. The van der Waals surface area contributed by atoms with Gasteiger partial charge in [-0.25, -0.2) is 9.59 Å². The summed E-state index contributed by atoms with van der Waals surface area (Å²) in [5, 5.41) is 31.3. The Kier molecular flexibility index (Phi) is 25.2. The van der Waals surface area contributed by atoms with Crippen molar-refractivity contribution in [1.29, 1.82) is 0 Å². The second kappa shape index (κ2) is 22.9. The van der Waals surface area contributed by atoms with E-state index in [0.29, 0.717) is 12.8 Å². The third-order valence-corrected chi connectivity index (χ3v) is 3.17. The van der Waals surface area contributed by atoms with Crippen LogP contribution in [0.3, 0.4) is 0 Å². The lowest BCUT2D eigenvalue weighted by Crippen LogP contribution is -2.09. The molecule has 154 valence electrons. The molecule has 0 aromatic rings. The molecule has 0 saturated heterocycles. The molecule has 0 aromatic heterocycles. The molecule has 8 heteroatoms. The summed E-state index contributed by atoms with van der Waals surface area (Å²) in [6, 6.07) is 0. The van der Waals surface area contributed by atoms with Crippen LogP contribution in [0.2, 0.25) is 0 Å². The largest absolute Gasteiger partial charge is 0.481 e. The summed E-state index contributed by atoms with van der Waals surface area (Å²) in [5.74, 6) is -4.99. The number of rotatable bonds is 12. The molecule has 4 N–H and O–H groups in total. The molecule has 0 heterocycles. The fourth-order valence-electron chi connectivity index (χ4n) is 1.76. The second-order valence-electron chi connectivity index (χ2n) is 5.73. The summed E-state index contributed by atoms with van der Waals surface area (Å²) in [6.45, 7) is 4.30. The number of hydrogen-bond acceptors (Lipinski definition) is 4. The van der Waals surface area contributed by atoms with Gasteiger partial charge in [0.05, 0.1) is 0 Å². The van der Waals surface area contributed by atoms with Crippen molar-refractivity contribution in [2.24, 2.45) is 0 Å². The Balaban J connectivity index is -0.000000316. The minimum Gasteiger partial charge on any atom is -0.481 e. The average Bonchev–Trinajstić information content (AvgIpc) is 2.55. The molecule has 0 aliphatic carbocycles. The predicted molar refractivity (Wildman–Crippen MR) is 97.3 cm³/mol. The topological polar surface area (TPSA) is 149 Å². The predicted octanol–water partition coefficient (Wildman–Crippen LogP) is 4.02. The summed E-state index contributed by atoms with van der Waals surface area (Å²) in [5.41, 5.74) is 0. The highest BCUT2D eigenvalue weighted by Crippen LogP contribution is 2.04. The molecule has 0 saturated carbocycles. The fourth-order valence-corrected chi connectivity index (χ4v) is 1.76. The van der Waals surface area contributed by atoms with Gasteiger partial charge in [0.15, 0.2) is 0 Å². The van der Waals surface area contributed by atoms with E-state index in [1.807, 2.05) is 0 Å². The molecular weight excluding hydrogens is 344 g/mol. The summed E-state index contributed by atoms with van der Waals surface area (Å²) in [4.78, 5) is 38.3. The highest BCUT2D eigenvalue weighted by atomic mass is 16.4. The van der Waals surface area contributed by atoms with Gasteiger partial charge >= 0.3 is 23.9 Å². The molecule has 26 heavy (non-hydrogen) atoms. The average molecular weight is 378 g/mol. The normalized spacial score (nSPS) is 9.15. The molecule has 0 spiro atoms. The molecule has 8 nitrogen and oxygen atoms in total. The maximum absolute atomic E-state index is 10.0. The lowest BCUT2D eigenvalue weighted by Gasteiger charge is -1.95. The van der Waals surface area contributed by atoms with E-state index in [1.54, 1.807) is 0 Å². The molecular formula is C18H34O8. The van der Waals surface area contributed by atoms with Gasteiger partial charge in [0.25, 0.3) is 0 Å². The molecule has 0 amide bonds. The Labute approximate surface area is 155 Å². The summed E-state index contributed by atoms with van der Waals surface area (Å²) >= 11 is 0. The number of carbonyl (C=O) groups is 4. The van der Waals surface area contributed by atoms with Crippen LogP contribution in [-0.2, 0) is 19.2 Å². The van der Waals surface area contributed by atoms with Crippen LogP contribution in [0, 0.1) is 0 Å². The van der Waals surface area contributed by atoms with Crippen molar-refractivity contribution in [3.05, 3.63) is 0 Å². The quantitative estimate of drug-likeness (QED) is 0.294. The Hall–Kier alpha value is -2.12. The van der Waals surface area contributed by atoms with Crippen LogP contribution >= 0.6 is 0 Å². The number of unbranched alkanes of at least 4 members (excludes halogenated alkanes) is 8. The maximum atomic E-state index is 10.0. The molecule has 0 aromatic carbocycles. The van der Waals surface area contributed by atoms with Gasteiger partial charge in [0.1, 0.15) is 0 Å². The Morgan fingerprint density at radius 1 is 0.500 bits per heavy atom. The third-order valence-electron chi connectivity index (χ3n) is 3.17. The minimum atomic E-state index is -1.82. The van der Waals surface area contributed by atoms with Gasteiger partial charge < -0.3 is 20.4 Å². The minimum absolute atomic E-state index is 0.337. The summed E-state index contributed by atoms with van der Waals surface area (Å²) < 4.78 is 0. The number of aliphatic carboxylic acids is 4. The highest BCUT2D eigenvalue weighted by Gasteiger charge is 2.04. The lowest BCUT2D eigenvalue weighted by molar-refractivity contribution is -0.159. The van der Waals surface area contributed by atoms with Crippen molar-refractivity contribution in [2.45, 2.75) is 90.9 Å². The number of carboxylic acids is 4. The van der Waals surface area contributed by atoms with E-state index in [9.17, 15) is 9.59 Å². The van der Waals surface area contributed by atoms with Gasteiger partial charge in [0.2, 0.25) is 0 Å². The van der Waals surface area contributed by atoms with E-state index < -0.39 is 23.9 Å². The lowest BCUT2D eigenvalue weighted by atomic mass is 10.1. The van der Waals surface area contributed by atoms with E-state index >= 15 is 0 Å². The zero-order valence-corrected chi connectivity index (χ0v) is 15.9. The number of hydrogen-bond donors (Lipinski definition) is 4. The van der Waals surface area contributed by atoms with Crippen LogP contribution in [0.4, 0.5) is 0 Å². The molecule has 0 bridgehead atoms. The van der Waals surface area contributed by atoms with Crippen molar-refractivity contribution >= 4 is 23.9 Å². The fraction of sp³-hybridized carbons (Fsp3) is 0.778. The van der Waals surface area contributed by atoms with Crippen LogP contribution in [-0.4, -0.2) is 44.3 Å². The van der Waals surface area contributed by atoms with E-state index in [2.05, 4.69) is 13.8 Å². The molecule has 0 aliphatic rings. The monoisotopic (exact) mass is 378 g/mol. The molecule has 0 radical (unpaired) electrons. The third kappa shape index (κ3) is 37.8. The first-order valence-corrected chi connectivity index (χ1v) is 9.08. The summed E-state index contributed by atoms with van der Waals surface area (Å²) in [7, 11) is 0. The first-order valence-electron chi connectivity index (χ1n) is 9.08. The van der Waals surface area contributed by atoms with Gasteiger partial charge in [0, 0.05) is 12.8 Å². The van der Waals surface area contributed by atoms with Gasteiger partial charge in [-0.15, -0.1) is 0 Å². The molecule has 0 atom stereocenters. The highest BCUT2D eigenvalue weighted by molar-refractivity contribution is 6.27.